The van der Waals surface area contributed by atoms with E-state index in [-0.39, 0.29) is 53.6 Å². The maximum absolute atomic E-state index is 12.0. The first-order chi connectivity index (χ1) is 10.9. The summed E-state index contributed by atoms with van der Waals surface area (Å²) < 4.78 is 26.4. The average Bonchev–Trinajstić information content (AvgIpc) is 2.52. The van der Waals surface area contributed by atoms with Gasteiger partial charge in [-0.15, -0.1) is 24.0 Å². The van der Waals surface area contributed by atoms with Crippen LogP contribution in [0, 0.1) is 10.1 Å². The van der Waals surface area contributed by atoms with Gasteiger partial charge >= 0.3 is 0 Å². The van der Waals surface area contributed by atoms with Crippen LogP contribution in [0.15, 0.2) is 34.2 Å². The minimum absolute atomic E-state index is 0. The van der Waals surface area contributed by atoms with Crippen molar-refractivity contribution in [3.8, 4) is 0 Å². The number of nitrogens with two attached hydrogens (primary N) is 1. The Bertz CT molecular complexity index is 666. The van der Waals surface area contributed by atoms with Crippen LogP contribution in [0.5, 0.6) is 0 Å². The number of nitrogens with one attached hydrogen (secondary N) is 2. The molecular weight excluding hydrogens is 449 g/mol. The van der Waals surface area contributed by atoms with Gasteiger partial charge < -0.3 is 11.1 Å². The molecule has 11 heteroatoms. The van der Waals surface area contributed by atoms with Crippen LogP contribution in [0.4, 0.5) is 5.69 Å². The van der Waals surface area contributed by atoms with E-state index < -0.39 is 14.9 Å². The first-order valence-corrected chi connectivity index (χ1v) is 8.63. The number of guanidine groups is 1. The van der Waals surface area contributed by atoms with E-state index >= 15 is 0 Å². The first kappa shape index (κ1) is 22.5. The van der Waals surface area contributed by atoms with Crippen molar-refractivity contribution >= 4 is 45.6 Å². The summed E-state index contributed by atoms with van der Waals surface area (Å²) in [7, 11) is -3.81. The van der Waals surface area contributed by atoms with Crippen LogP contribution in [0.1, 0.15) is 19.8 Å². The summed E-state index contributed by atoms with van der Waals surface area (Å²) in [4.78, 5) is 13.9. The highest BCUT2D eigenvalue weighted by Gasteiger charge is 2.16. The van der Waals surface area contributed by atoms with E-state index in [4.69, 9.17) is 5.73 Å². The summed E-state index contributed by atoms with van der Waals surface area (Å²) in [5, 5.41) is 13.5. The molecule has 0 aliphatic heterocycles. The molecule has 0 heterocycles. The van der Waals surface area contributed by atoms with Crippen molar-refractivity contribution < 1.29 is 13.3 Å². The number of halogens is 1. The Morgan fingerprint density at radius 3 is 2.71 bits per heavy atom. The number of benzene rings is 1. The van der Waals surface area contributed by atoms with E-state index in [1.807, 2.05) is 6.92 Å². The van der Waals surface area contributed by atoms with Crippen LogP contribution in [-0.4, -0.2) is 38.9 Å². The van der Waals surface area contributed by atoms with E-state index in [1.54, 1.807) is 0 Å². The third kappa shape index (κ3) is 7.88. The molecule has 0 saturated heterocycles. The molecule has 1 rings (SSSR count). The Hall–Kier alpha value is -1.47. The lowest BCUT2D eigenvalue weighted by atomic mass is 10.3. The summed E-state index contributed by atoms with van der Waals surface area (Å²) in [6.45, 7) is 3.00. The van der Waals surface area contributed by atoms with Gasteiger partial charge in [0.2, 0.25) is 10.0 Å². The third-order valence-electron chi connectivity index (χ3n) is 2.86. The lowest BCUT2D eigenvalue weighted by molar-refractivity contribution is -0.385. The highest BCUT2D eigenvalue weighted by molar-refractivity contribution is 14.0. The van der Waals surface area contributed by atoms with Gasteiger partial charge in [0.25, 0.3) is 5.69 Å². The van der Waals surface area contributed by atoms with Gasteiger partial charge in [0.05, 0.1) is 9.82 Å². The number of rotatable bonds is 9. The van der Waals surface area contributed by atoms with E-state index in [9.17, 15) is 18.5 Å². The molecule has 136 valence electrons. The Kier molecular flexibility index (Phi) is 10.5. The maximum atomic E-state index is 12.0. The quantitative estimate of drug-likeness (QED) is 0.124. The van der Waals surface area contributed by atoms with Gasteiger partial charge in [0.1, 0.15) is 0 Å². The molecule has 24 heavy (non-hydrogen) atoms. The number of nitro groups is 1. The molecule has 0 atom stereocenters. The van der Waals surface area contributed by atoms with Crippen LogP contribution in [0.3, 0.4) is 0 Å². The fourth-order valence-electron chi connectivity index (χ4n) is 1.64. The minimum atomic E-state index is -3.81. The molecule has 0 amide bonds. The number of unbranched alkanes of at least 4 members (excludes halogenated alkanes) is 1. The third-order valence-corrected chi connectivity index (χ3v) is 4.31. The lowest BCUT2D eigenvalue weighted by Crippen LogP contribution is -2.38. The summed E-state index contributed by atoms with van der Waals surface area (Å²) in [6, 6.07) is 4.86. The standard InChI is InChI=1S/C13H21N5O4S.HI/c1-2-3-7-15-13(14)16-8-9-17-23(21,22)12-6-4-5-11(10-12)18(19)20;/h4-6,10,17H,2-3,7-9H2,1H3,(H3,14,15,16);1H. The van der Waals surface area contributed by atoms with Crippen LogP contribution in [0.2, 0.25) is 0 Å². The summed E-state index contributed by atoms with van der Waals surface area (Å²) in [5.74, 6) is 0.257. The second kappa shape index (κ2) is 11.1. The number of non-ortho nitro benzene ring substituents is 1. The fourth-order valence-corrected chi connectivity index (χ4v) is 2.71. The lowest BCUT2D eigenvalue weighted by Gasteiger charge is -2.08. The Morgan fingerprint density at radius 2 is 2.08 bits per heavy atom. The number of nitro benzene ring substituents is 1. The van der Waals surface area contributed by atoms with Crippen LogP contribution in [-0.2, 0) is 10.0 Å². The smallest absolute Gasteiger partial charge is 0.270 e. The molecule has 9 nitrogen and oxygen atoms in total. The second-order valence-corrected chi connectivity index (χ2v) is 6.47. The Morgan fingerprint density at radius 1 is 1.38 bits per heavy atom. The molecular formula is C13H22IN5O4S. The number of aliphatic imine (C=N–C) groups is 1. The van der Waals surface area contributed by atoms with E-state index in [1.165, 1.54) is 18.2 Å². The number of hydrogen-bond acceptors (Lipinski definition) is 5. The zero-order valence-electron chi connectivity index (χ0n) is 13.3. The number of sulfonamides is 1. The molecule has 0 fully saturated rings. The van der Waals surface area contributed by atoms with Crippen molar-refractivity contribution in [1.82, 2.24) is 10.0 Å². The largest absolute Gasteiger partial charge is 0.370 e. The van der Waals surface area contributed by atoms with Gasteiger partial charge in [-0.2, -0.15) is 0 Å². The van der Waals surface area contributed by atoms with Crippen molar-refractivity contribution in [2.45, 2.75) is 24.7 Å². The molecule has 0 radical (unpaired) electrons. The zero-order valence-corrected chi connectivity index (χ0v) is 16.4. The number of hydrogen-bond donors (Lipinski definition) is 3. The molecule has 1 aromatic carbocycles. The normalized spacial score (nSPS) is 11.6. The van der Waals surface area contributed by atoms with Crippen LogP contribution in [0.25, 0.3) is 0 Å². The summed E-state index contributed by atoms with van der Waals surface area (Å²) in [5.41, 5.74) is 5.34. The highest BCUT2D eigenvalue weighted by atomic mass is 127. The van der Waals surface area contributed by atoms with Gasteiger partial charge in [0.15, 0.2) is 5.96 Å². The van der Waals surface area contributed by atoms with Crippen molar-refractivity contribution in [2.24, 2.45) is 10.7 Å². The molecule has 0 spiro atoms. The predicted molar refractivity (Wildman–Crippen MR) is 103 cm³/mol. The predicted octanol–water partition coefficient (Wildman–Crippen LogP) is 1.20. The molecule has 0 saturated carbocycles. The van der Waals surface area contributed by atoms with Gasteiger partial charge in [-0.3, -0.25) is 15.1 Å². The fraction of sp³-hybridized carbons (Fsp3) is 0.462. The van der Waals surface area contributed by atoms with Crippen LogP contribution < -0.4 is 15.8 Å². The summed E-state index contributed by atoms with van der Waals surface area (Å²) in [6.07, 6.45) is 1.95. The van der Waals surface area contributed by atoms with Crippen molar-refractivity contribution in [3.63, 3.8) is 0 Å². The maximum Gasteiger partial charge on any atom is 0.270 e. The van der Waals surface area contributed by atoms with E-state index in [2.05, 4.69) is 15.0 Å². The van der Waals surface area contributed by atoms with Crippen molar-refractivity contribution in [2.75, 3.05) is 19.6 Å². The molecule has 1 aromatic rings. The van der Waals surface area contributed by atoms with E-state index in [0.29, 0.717) is 6.54 Å². The molecule has 0 unspecified atom stereocenters. The van der Waals surface area contributed by atoms with Gasteiger partial charge in [-0.1, -0.05) is 19.4 Å². The number of nitrogens with zero attached hydrogens (tertiary/aromatic N) is 2. The molecule has 4 N–H and O–H groups in total. The van der Waals surface area contributed by atoms with Crippen molar-refractivity contribution in [3.05, 3.63) is 34.4 Å². The first-order valence-electron chi connectivity index (χ1n) is 7.14. The molecule has 0 bridgehead atoms. The molecule has 0 aliphatic carbocycles. The van der Waals surface area contributed by atoms with E-state index in [0.717, 1.165) is 18.9 Å². The van der Waals surface area contributed by atoms with Crippen molar-refractivity contribution in [1.29, 1.82) is 0 Å². The zero-order chi connectivity index (χ0) is 17.3. The monoisotopic (exact) mass is 471 g/mol. The van der Waals surface area contributed by atoms with Gasteiger partial charge in [-0.05, 0) is 12.5 Å². The summed E-state index contributed by atoms with van der Waals surface area (Å²) >= 11 is 0. The SMILES string of the molecule is CCCCN=C(N)NCCNS(=O)(=O)c1cccc([N+](=O)[O-])c1.I. The molecule has 0 aliphatic rings. The van der Waals surface area contributed by atoms with Gasteiger partial charge in [-0.25, -0.2) is 13.1 Å². The minimum Gasteiger partial charge on any atom is -0.370 e. The molecule has 0 aromatic heterocycles. The Labute approximate surface area is 158 Å². The van der Waals surface area contributed by atoms with Gasteiger partial charge in [0, 0.05) is 31.8 Å². The Balaban J connectivity index is 0.00000529. The topological polar surface area (TPSA) is 140 Å². The highest BCUT2D eigenvalue weighted by Crippen LogP contribution is 2.16. The van der Waals surface area contributed by atoms with Crippen LogP contribution >= 0.6 is 24.0 Å². The second-order valence-electron chi connectivity index (χ2n) is 4.70. The average molecular weight is 471 g/mol.